The van der Waals surface area contributed by atoms with Crippen LogP contribution in [0.15, 0.2) is 0 Å². The van der Waals surface area contributed by atoms with E-state index in [-0.39, 0.29) is 0 Å². The Labute approximate surface area is 87.3 Å². The molecule has 1 heterocycles. The second-order valence-corrected chi connectivity index (χ2v) is 5.04. The van der Waals surface area contributed by atoms with Gasteiger partial charge < -0.3 is 0 Å². The number of aromatic nitrogens is 2. The Morgan fingerprint density at radius 1 is 1.46 bits per heavy atom. The molecule has 1 aliphatic carbocycles. The molecule has 0 aliphatic heterocycles. The standard InChI is InChI=1S/C9H13ClN2S/c1-6-3-2-4-7(6)9-12-11-8(5-10)13-9/h6-7H,2-5H2,1H3. The van der Waals surface area contributed by atoms with Crippen LogP contribution in [0, 0.1) is 5.92 Å². The maximum Gasteiger partial charge on any atom is 0.132 e. The molecule has 0 aromatic carbocycles. The van der Waals surface area contributed by atoms with Gasteiger partial charge in [-0.1, -0.05) is 31.1 Å². The highest BCUT2D eigenvalue weighted by molar-refractivity contribution is 7.11. The summed E-state index contributed by atoms with van der Waals surface area (Å²) in [7, 11) is 0. The number of halogens is 1. The van der Waals surface area contributed by atoms with Gasteiger partial charge in [0, 0.05) is 5.92 Å². The van der Waals surface area contributed by atoms with Gasteiger partial charge in [0.1, 0.15) is 10.0 Å². The molecule has 2 unspecified atom stereocenters. The smallest absolute Gasteiger partial charge is 0.132 e. The number of hydrogen-bond acceptors (Lipinski definition) is 3. The van der Waals surface area contributed by atoms with E-state index in [9.17, 15) is 0 Å². The highest BCUT2D eigenvalue weighted by atomic mass is 35.5. The van der Waals surface area contributed by atoms with Gasteiger partial charge in [-0.3, -0.25) is 0 Å². The fourth-order valence-electron chi connectivity index (χ4n) is 1.98. The van der Waals surface area contributed by atoms with Crippen LogP contribution in [-0.4, -0.2) is 10.2 Å². The highest BCUT2D eigenvalue weighted by Gasteiger charge is 2.27. The molecule has 1 aromatic rings. The van der Waals surface area contributed by atoms with Crippen LogP contribution in [0.1, 0.15) is 42.1 Å². The Hall–Kier alpha value is -0.150. The summed E-state index contributed by atoms with van der Waals surface area (Å²) in [6, 6.07) is 0. The van der Waals surface area contributed by atoms with E-state index in [0.29, 0.717) is 11.8 Å². The van der Waals surface area contributed by atoms with Crippen LogP contribution in [-0.2, 0) is 5.88 Å². The van der Waals surface area contributed by atoms with Crippen molar-refractivity contribution in [2.45, 2.75) is 38.0 Å². The summed E-state index contributed by atoms with van der Waals surface area (Å²) in [5.74, 6) is 1.92. The van der Waals surface area contributed by atoms with Gasteiger partial charge in [-0.25, -0.2) is 0 Å². The average molecular weight is 217 g/mol. The molecule has 0 amide bonds. The normalized spacial score (nSPS) is 28.2. The lowest BCUT2D eigenvalue weighted by molar-refractivity contribution is 0.527. The Kier molecular flexibility index (Phi) is 2.84. The van der Waals surface area contributed by atoms with Crippen molar-refractivity contribution in [3.05, 3.63) is 10.0 Å². The summed E-state index contributed by atoms with van der Waals surface area (Å²) in [6.45, 7) is 2.30. The summed E-state index contributed by atoms with van der Waals surface area (Å²) in [4.78, 5) is 0. The zero-order valence-corrected chi connectivity index (χ0v) is 9.24. The van der Waals surface area contributed by atoms with Crippen molar-refractivity contribution in [2.24, 2.45) is 5.92 Å². The van der Waals surface area contributed by atoms with E-state index in [2.05, 4.69) is 17.1 Å². The van der Waals surface area contributed by atoms with E-state index in [1.807, 2.05) is 0 Å². The first-order valence-corrected chi connectivity index (χ1v) is 6.04. The minimum absolute atomic E-state index is 0.499. The lowest BCUT2D eigenvalue weighted by atomic mass is 9.99. The Morgan fingerprint density at radius 3 is 2.85 bits per heavy atom. The van der Waals surface area contributed by atoms with Crippen molar-refractivity contribution in [3.8, 4) is 0 Å². The molecule has 72 valence electrons. The summed E-state index contributed by atoms with van der Waals surface area (Å²) in [5.41, 5.74) is 0. The topological polar surface area (TPSA) is 25.8 Å². The Bertz CT molecular complexity index is 287. The number of nitrogens with zero attached hydrogens (tertiary/aromatic N) is 2. The minimum atomic E-state index is 0.499. The second-order valence-electron chi connectivity index (χ2n) is 3.68. The van der Waals surface area contributed by atoms with Gasteiger partial charge in [-0.05, 0) is 12.3 Å². The quantitative estimate of drug-likeness (QED) is 0.710. The number of rotatable bonds is 2. The largest absolute Gasteiger partial charge is 0.143 e. The maximum atomic E-state index is 5.69. The predicted octanol–water partition coefficient (Wildman–Crippen LogP) is 3.18. The van der Waals surface area contributed by atoms with E-state index in [0.717, 1.165) is 10.9 Å². The first kappa shape index (κ1) is 9.41. The molecular formula is C9H13ClN2S. The first-order chi connectivity index (χ1) is 6.31. The summed E-state index contributed by atoms with van der Waals surface area (Å²) in [5, 5.41) is 10.4. The molecule has 2 rings (SSSR count). The molecule has 13 heavy (non-hydrogen) atoms. The third-order valence-corrected chi connectivity index (χ3v) is 4.24. The van der Waals surface area contributed by atoms with Crippen molar-refractivity contribution < 1.29 is 0 Å². The fraction of sp³-hybridized carbons (Fsp3) is 0.778. The zero-order valence-electron chi connectivity index (χ0n) is 7.66. The molecule has 0 radical (unpaired) electrons. The molecule has 0 N–H and O–H groups in total. The molecule has 1 aliphatic rings. The Balaban J connectivity index is 2.15. The zero-order chi connectivity index (χ0) is 9.26. The number of alkyl halides is 1. The van der Waals surface area contributed by atoms with Gasteiger partial charge in [-0.15, -0.1) is 21.8 Å². The van der Waals surface area contributed by atoms with Crippen molar-refractivity contribution in [1.29, 1.82) is 0 Å². The monoisotopic (exact) mass is 216 g/mol. The van der Waals surface area contributed by atoms with E-state index in [4.69, 9.17) is 11.6 Å². The molecule has 1 aromatic heterocycles. The summed E-state index contributed by atoms with van der Waals surface area (Å²) in [6.07, 6.45) is 3.94. The maximum absolute atomic E-state index is 5.69. The van der Waals surface area contributed by atoms with Gasteiger partial charge in [0.25, 0.3) is 0 Å². The lowest BCUT2D eigenvalue weighted by Gasteiger charge is -2.09. The van der Waals surface area contributed by atoms with Gasteiger partial charge in [0.05, 0.1) is 5.88 Å². The fourth-order valence-corrected chi connectivity index (χ4v) is 3.16. The van der Waals surface area contributed by atoms with Crippen LogP contribution < -0.4 is 0 Å². The molecule has 2 atom stereocenters. The number of hydrogen-bond donors (Lipinski definition) is 0. The van der Waals surface area contributed by atoms with Crippen molar-refractivity contribution in [3.63, 3.8) is 0 Å². The van der Waals surface area contributed by atoms with Crippen LogP contribution in [0.25, 0.3) is 0 Å². The summed E-state index contributed by atoms with van der Waals surface area (Å²) < 4.78 is 0. The molecule has 1 saturated carbocycles. The first-order valence-electron chi connectivity index (χ1n) is 4.69. The van der Waals surface area contributed by atoms with Crippen molar-refractivity contribution in [2.75, 3.05) is 0 Å². The van der Waals surface area contributed by atoms with Crippen molar-refractivity contribution in [1.82, 2.24) is 10.2 Å². The van der Waals surface area contributed by atoms with Crippen LogP contribution in [0.2, 0.25) is 0 Å². The van der Waals surface area contributed by atoms with E-state index >= 15 is 0 Å². The molecule has 0 bridgehead atoms. The van der Waals surface area contributed by atoms with Gasteiger partial charge in [-0.2, -0.15) is 0 Å². The Morgan fingerprint density at radius 2 is 2.31 bits per heavy atom. The van der Waals surface area contributed by atoms with Crippen LogP contribution >= 0.6 is 22.9 Å². The van der Waals surface area contributed by atoms with E-state index < -0.39 is 0 Å². The average Bonchev–Trinajstić information content (AvgIpc) is 2.71. The minimum Gasteiger partial charge on any atom is -0.143 e. The third kappa shape index (κ3) is 1.86. The highest BCUT2D eigenvalue weighted by Crippen LogP contribution is 2.40. The van der Waals surface area contributed by atoms with Crippen LogP contribution in [0.5, 0.6) is 0 Å². The molecule has 1 fully saturated rings. The lowest BCUT2D eigenvalue weighted by Crippen LogP contribution is -2.00. The van der Waals surface area contributed by atoms with Crippen LogP contribution in [0.3, 0.4) is 0 Å². The predicted molar refractivity (Wildman–Crippen MR) is 55.2 cm³/mol. The van der Waals surface area contributed by atoms with Gasteiger partial charge in [0.15, 0.2) is 0 Å². The van der Waals surface area contributed by atoms with E-state index in [1.54, 1.807) is 11.3 Å². The molecule has 0 spiro atoms. The molecule has 0 saturated heterocycles. The summed E-state index contributed by atoms with van der Waals surface area (Å²) >= 11 is 7.37. The van der Waals surface area contributed by atoms with Gasteiger partial charge >= 0.3 is 0 Å². The van der Waals surface area contributed by atoms with Gasteiger partial charge in [0.2, 0.25) is 0 Å². The second kappa shape index (κ2) is 3.93. The van der Waals surface area contributed by atoms with Crippen molar-refractivity contribution >= 4 is 22.9 Å². The molecular weight excluding hydrogens is 204 g/mol. The SMILES string of the molecule is CC1CCCC1c1nnc(CCl)s1. The molecule has 2 nitrogen and oxygen atoms in total. The molecule has 4 heteroatoms. The van der Waals surface area contributed by atoms with E-state index in [1.165, 1.54) is 24.3 Å². The third-order valence-electron chi connectivity index (χ3n) is 2.78. The van der Waals surface area contributed by atoms with Crippen LogP contribution in [0.4, 0.5) is 0 Å².